The zero-order valence-corrected chi connectivity index (χ0v) is 11.7. The van der Waals surface area contributed by atoms with Gasteiger partial charge in [-0.15, -0.1) is 0 Å². The van der Waals surface area contributed by atoms with Crippen LogP contribution < -0.4 is 5.32 Å². The monoisotopic (exact) mass is 294 g/mol. The summed E-state index contributed by atoms with van der Waals surface area (Å²) in [5, 5.41) is 30.4. The lowest BCUT2D eigenvalue weighted by Crippen LogP contribution is -2.14. The standard InChI is InChI=1S/C17H14N2O3/c18-10-14(8-12-4-3-6-15(21)9-12)17(22)19-16-7-2-1-5-13(16)11-20/h1-9,20-21H,11H2,(H,19,22)/b14-8+. The number of hydrogen-bond acceptors (Lipinski definition) is 4. The van der Waals surface area contributed by atoms with Crippen LogP contribution in [0.5, 0.6) is 5.75 Å². The molecule has 0 saturated heterocycles. The van der Waals surface area contributed by atoms with Crippen LogP contribution in [0.2, 0.25) is 0 Å². The maximum Gasteiger partial charge on any atom is 0.266 e. The summed E-state index contributed by atoms with van der Waals surface area (Å²) in [6.45, 7) is -0.214. The first-order chi connectivity index (χ1) is 10.6. The van der Waals surface area contributed by atoms with Gasteiger partial charge in [0.1, 0.15) is 17.4 Å². The topological polar surface area (TPSA) is 93.3 Å². The van der Waals surface area contributed by atoms with Crippen LogP contribution in [0.3, 0.4) is 0 Å². The van der Waals surface area contributed by atoms with E-state index in [-0.39, 0.29) is 17.9 Å². The number of para-hydroxylation sites is 1. The summed E-state index contributed by atoms with van der Waals surface area (Å²) in [5.74, 6) is -0.524. The molecule has 2 rings (SSSR count). The molecule has 2 aromatic rings. The third-order valence-electron chi connectivity index (χ3n) is 2.98. The van der Waals surface area contributed by atoms with Gasteiger partial charge in [0, 0.05) is 11.3 Å². The molecule has 1 amide bonds. The Morgan fingerprint density at radius 1 is 1.23 bits per heavy atom. The molecule has 2 aromatic carbocycles. The molecular weight excluding hydrogens is 280 g/mol. The second kappa shape index (κ2) is 7.07. The number of carbonyl (C=O) groups excluding carboxylic acids is 1. The summed E-state index contributed by atoms with van der Waals surface area (Å²) in [5.41, 5.74) is 1.46. The fourth-order valence-electron chi connectivity index (χ4n) is 1.90. The molecule has 22 heavy (non-hydrogen) atoms. The van der Waals surface area contributed by atoms with E-state index in [0.29, 0.717) is 16.8 Å². The number of phenolic OH excluding ortho intramolecular Hbond substituents is 1. The zero-order chi connectivity index (χ0) is 15.9. The van der Waals surface area contributed by atoms with Crippen LogP contribution in [0, 0.1) is 11.3 Å². The molecule has 110 valence electrons. The van der Waals surface area contributed by atoms with E-state index < -0.39 is 5.91 Å². The van der Waals surface area contributed by atoms with E-state index in [2.05, 4.69) is 5.32 Å². The molecule has 0 unspecified atom stereocenters. The Labute approximate surface area is 127 Å². The molecule has 0 heterocycles. The average molecular weight is 294 g/mol. The maximum atomic E-state index is 12.2. The van der Waals surface area contributed by atoms with E-state index in [1.807, 2.05) is 6.07 Å². The van der Waals surface area contributed by atoms with Gasteiger partial charge in [0.25, 0.3) is 5.91 Å². The molecular formula is C17H14N2O3. The normalized spacial score (nSPS) is 10.8. The van der Waals surface area contributed by atoms with E-state index in [1.54, 1.807) is 36.4 Å². The number of amides is 1. The number of nitriles is 1. The van der Waals surface area contributed by atoms with Gasteiger partial charge in [-0.2, -0.15) is 5.26 Å². The van der Waals surface area contributed by atoms with E-state index in [1.165, 1.54) is 18.2 Å². The molecule has 0 fully saturated rings. The minimum Gasteiger partial charge on any atom is -0.508 e. The first-order valence-electron chi connectivity index (χ1n) is 6.55. The highest BCUT2D eigenvalue weighted by molar-refractivity contribution is 6.09. The van der Waals surface area contributed by atoms with Crippen molar-refractivity contribution >= 4 is 17.7 Å². The van der Waals surface area contributed by atoms with Gasteiger partial charge in [-0.1, -0.05) is 30.3 Å². The first kappa shape index (κ1) is 15.3. The minimum atomic E-state index is -0.577. The summed E-state index contributed by atoms with van der Waals surface area (Å²) in [6.07, 6.45) is 1.39. The number of nitrogens with one attached hydrogen (secondary N) is 1. The lowest BCUT2D eigenvalue weighted by atomic mass is 10.1. The number of aromatic hydroxyl groups is 1. The first-order valence-corrected chi connectivity index (χ1v) is 6.55. The summed E-state index contributed by atoms with van der Waals surface area (Å²) >= 11 is 0. The van der Waals surface area contributed by atoms with Crippen LogP contribution in [0.15, 0.2) is 54.1 Å². The molecule has 0 aliphatic heterocycles. The largest absolute Gasteiger partial charge is 0.508 e. The van der Waals surface area contributed by atoms with Crippen LogP contribution in [-0.4, -0.2) is 16.1 Å². The summed E-state index contributed by atoms with van der Waals surface area (Å²) in [7, 11) is 0. The van der Waals surface area contributed by atoms with Crippen LogP contribution >= 0.6 is 0 Å². The third-order valence-corrected chi connectivity index (χ3v) is 2.98. The fraction of sp³-hybridized carbons (Fsp3) is 0.0588. The predicted octanol–water partition coefficient (Wildman–Crippen LogP) is 2.43. The van der Waals surface area contributed by atoms with Gasteiger partial charge in [-0.25, -0.2) is 0 Å². The van der Waals surface area contributed by atoms with Gasteiger partial charge in [0.2, 0.25) is 0 Å². The quantitative estimate of drug-likeness (QED) is 0.596. The van der Waals surface area contributed by atoms with Gasteiger partial charge in [-0.3, -0.25) is 4.79 Å². The molecule has 0 aliphatic rings. The highest BCUT2D eigenvalue weighted by atomic mass is 16.3. The molecule has 0 bridgehead atoms. The molecule has 3 N–H and O–H groups in total. The third kappa shape index (κ3) is 3.72. The Hall–Kier alpha value is -3.10. The van der Waals surface area contributed by atoms with Gasteiger partial charge in [0.15, 0.2) is 0 Å². The predicted molar refractivity (Wildman–Crippen MR) is 82.7 cm³/mol. The second-order valence-corrected chi connectivity index (χ2v) is 4.53. The maximum absolute atomic E-state index is 12.2. The summed E-state index contributed by atoms with van der Waals surface area (Å²) < 4.78 is 0. The van der Waals surface area contributed by atoms with Crippen molar-refractivity contribution in [3.8, 4) is 11.8 Å². The molecule has 5 nitrogen and oxygen atoms in total. The van der Waals surface area contributed by atoms with Crippen molar-refractivity contribution in [2.45, 2.75) is 6.61 Å². The Bertz CT molecular complexity index is 760. The van der Waals surface area contributed by atoms with Crippen LogP contribution in [-0.2, 0) is 11.4 Å². The SMILES string of the molecule is N#C/C(=C\c1cccc(O)c1)C(=O)Nc1ccccc1CO. The molecule has 5 heteroatoms. The number of anilines is 1. The van der Waals surface area contributed by atoms with E-state index >= 15 is 0 Å². The van der Waals surface area contributed by atoms with Crippen molar-refractivity contribution in [3.05, 3.63) is 65.2 Å². The van der Waals surface area contributed by atoms with Crippen LogP contribution in [0.25, 0.3) is 6.08 Å². The van der Waals surface area contributed by atoms with Crippen molar-refractivity contribution in [2.75, 3.05) is 5.32 Å². The van der Waals surface area contributed by atoms with E-state index in [0.717, 1.165) is 0 Å². The van der Waals surface area contributed by atoms with Gasteiger partial charge in [-0.05, 0) is 29.8 Å². The number of aliphatic hydroxyl groups is 1. The lowest BCUT2D eigenvalue weighted by molar-refractivity contribution is -0.112. The molecule has 0 saturated carbocycles. The molecule has 0 aromatic heterocycles. The number of rotatable bonds is 4. The Kier molecular flexibility index (Phi) is 4.91. The average Bonchev–Trinajstić information content (AvgIpc) is 2.53. The number of aliphatic hydroxyl groups excluding tert-OH is 1. The van der Waals surface area contributed by atoms with Crippen molar-refractivity contribution in [2.24, 2.45) is 0 Å². The fourth-order valence-corrected chi connectivity index (χ4v) is 1.90. The van der Waals surface area contributed by atoms with Crippen LogP contribution in [0.1, 0.15) is 11.1 Å². The molecule has 0 aliphatic carbocycles. The number of phenols is 1. The van der Waals surface area contributed by atoms with Crippen LogP contribution in [0.4, 0.5) is 5.69 Å². The number of hydrogen-bond donors (Lipinski definition) is 3. The van der Waals surface area contributed by atoms with Crippen molar-refractivity contribution in [1.82, 2.24) is 0 Å². The van der Waals surface area contributed by atoms with Crippen molar-refractivity contribution in [1.29, 1.82) is 5.26 Å². The highest BCUT2D eigenvalue weighted by Gasteiger charge is 2.11. The van der Waals surface area contributed by atoms with Crippen molar-refractivity contribution < 1.29 is 15.0 Å². The van der Waals surface area contributed by atoms with Crippen molar-refractivity contribution in [3.63, 3.8) is 0 Å². The number of carbonyl (C=O) groups is 1. The van der Waals surface area contributed by atoms with E-state index in [9.17, 15) is 15.0 Å². The molecule has 0 spiro atoms. The minimum absolute atomic E-state index is 0.0528. The molecule has 0 atom stereocenters. The lowest BCUT2D eigenvalue weighted by Gasteiger charge is -2.08. The summed E-state index contributed by atoms with van der Waals surface area (Å²) in [6, 6.07) is 14.9. The Morgan fingerprint density at radius 3 is 2.68 bits per heavy atom. The van der Waals surface area contributed by atoms with Gasteiger partial charge >= 0.3 is 0 Å². The smallest absolute Gasteiger partial charge is 0.266 e. The molecule has 0 radical (unpaired) electrons. The van der Waals surface area contributed by atoms with Gasteiger partial charge in [0.05, 0.1) is 6.61 Å². The Balaban J connectivity index is 2.25. The van der Waals surface area contributed by atoms with Gasteiger partial charge < -0.3 is 15.5 Å². The highest BCUT2D eigenvalue weighted by Crippen LogP contribution is 2.17. The second-order valence-electron chi connectivity index (χ2n) is 4.53. The summed E-state index contributed by atoms with van der Waals surface area (Å²) in [4.78, 5) is 12.2. The zero-order valence-electron chi connectivity index (χ0n) is 11.7. The van der Waals surface area contributed by atoms with E-state index in [4.69, 9.17) is 5.26 Å². The Morgan fingerprint density at radius 2 is 2.00 bits per heavy atom. The number of nitrogens with zero attached hydrogens (tertiary/aromatic N) is 1. The number of benzene rings is 2.